The summed E-state index contributed by atoms with van der Waals surface area (Å²) >= 11 is 0. The molecule has 0 aliphatic heterocycles. The quantitative estimate of drug-likeness (QED) is 0.295. The number of carbonyl (C=O) groups is 1. The average Bonchev–Trinajstić information content (AvgIpc) is 2.72. The van der Waals surface area contributed by atoms with E-state index in [0.717, 1.165) is 23.3 Å². The number of aliphatic imine (C=N–C) groups is 1. The maximum absolute atomic E-state index is 12.3. The Morgan fingerprint density at radius 1 is 1.17 bits per heavy atom. The summed E-state index contributed by atoms with van der Waals surface area (Å²) in [7, 11) is 1.82. The molecular formula is C26H30N2O. The first-order valence-electron chi connectivity index (χ1n) is 9.92. The molecule has 150 valence electrons. The number of hydrogen-bond acceptors (Lipinski definition) is 3. The number of allylic oxidation sites excluding steroid dienone is 5. The number of rotatable bonds is 9. The molecule has 3 heteroatoms. The van der Waals surface area contributed by atoms with Crippen molar-refractivity contribution in [2.75, 3.05) is 7.05 Å². The number of pyridine rings is 1. The van der Waals surface area contributed by atoms with Gasteiger partial charge in [0.2, 0.25) is 0 Å². The molecule has 0 amide bonds. The first-order chi connectivity index (χ1) is 14.0. The molecule has 0 N–H and O–H groups in total. The van der Waals surface area contributed by atoms with Gasteiger partial charge in [0.15, 0.2) is 5.78 Å². The lowest BCUT2D eigenvalue weighted by molar-refractivity contribution is 0.101. The van der Waals surface area contributed by atoms with Crippen molar-refractivity contribution in [2.24, 2.45) is 10.9 Å². The zero-order valence-corrected chi connectivity index (χ0v) is 17.9. The number of aromatic nitrogens is 1. The van der Waals surface area contributed by atoms with Crippen LogP contribution in [0.15, 0.2) is 84.2 Å². The van der Waals surface area contributed by atoms with Crippen LogP contribution in [0.4, 0.5) is 0 Å². The maximum atomic E-state index is 12.3. The third-order valence-corrected chi connectivity index (χ3v) is 4.87. The minimum absolute atomic E-state index is 0.00756. The standard InChI is InChI=1S/C26H30N2O/c1-6-7-11-19(2)16-20(3)26(23-14-15-28-18-24(23)21(4)29)25(27-5)17-22-12-9-8-10-13-22/h6-15,18-19H,1,16-17H2,2-5H3/b11-7-,26-20+,27-25?. The molecule has 0 bridgehead atoms. The van der Waals surface area contributed by atoms with Crippen molar-refractivity contribution >= 4 is 17.1 Å². The Bertz CT molecular complexity index is 936. The van der Waals surface area contributed by atoms with E-state index in [1.54, 1.807) is 25.4 Å². The van der Waals surface area contributed by atoms with Crippen LogP contribution >= 0.6 is 0 Å². The van der Waals surface area contributed by atoms with Gasteiger partial charge in [0, 0.05) is 42.7 Å². The molecule has 0 radical (unpaired) electrons. The van der Waals surface area contributed by atoms with Gasteiger partial charge < -0.3 is 0 Å². The van der Waals surface area contributed by atoms with Crippen molar-refractivity contribution in [1.29, 1.82) is 0 Å². The Morgan fingerprint density at radius 3 is 2.52 bits per heavy atom. The second kappa shape index (κ2) is 11.1. The van der Waals surface area contributed by atoms with Crippen LogP contribution < -0.4 is 0 Å². The van der Waals surface area contributed by atoms with E-state index in [9.17, 15) is 4.79 Å². The molecule has 29 heavy (non-hydrogen) atoms. The van der Waals surface area contributed by atoms with Gasteiger partial charge in [-0.1, -0.05) is 67.6 Å². The van der Waals surface area contributed by atoms with Crippen molar-refractivity contribution in [3.63, 3.8) is 0 Å². The van der Waals surface area contributed by atoms with E-state index in [1.807, 2.05) is 37.4 Å². The molecule has 0 spiro atoms. The number of nitrogens with zero attached hydrogens (tertiary/aromatic N) is 2. The van der Waals surface area contributed by atoms with Gasteiger partial charge in [0.25, 0.3) is 0 Å². The number of ketones is 1. The molecule has 0 fully saturated rings. The van der Waals surface area contributed by atoms with Gasteiger partial charge in [0.1, 0.15) is 0 Å². The van der Waals surface area contributed by atoms with Crippen LogP contribution in [-0.2, 0) is 6.42 Å². The Hall–Kier alpha value is -3.07. The first-order valence-corrected chi connectivity index (χ1v) is 9.92. The summed E-state index contributed by atoms with van der Waals surface area (Å²) in [4.78, 5) is 21.1. The van der Waals surface area contributed by atoms with Crippen LogP contribution in [-0.4, -0.2) is 23.5 Å². The summed E-state index contributed by atoms with van der Waals surface area (Å²) in [5.41, 5.74) is 5.95. The van der Waals surface area contributed by atoms with Gasteiger partial charge in [-0.15, -0.1) is 0 Å². The fraction of sp³-hybridized carbons (Fsp3) is 0.269. The van der Waals surface area contributed by atoms with Crippen molar-refractivity contribution < 1.29 is 4.79 Å². The molecule has 1 atom stereocenters. The number of Topliss-reactive ketones (excluding diaryl/α,β-unsaturated/α-hetero) is 1. The van der Waals surface area contributed by atoms with Crippen LogP contribution in [0.3, 0.4) is 0 Å². The van der Waals surface area contributed by atoms with Gasteiger partial charge in [-0.25, -0.2) is 0 Å². The van der Waals surface area contributed by atoms with E-state index in [2.05, 4.69) is 48.6 Å². The number of hydrogen-bond donors (Lipinski definition) is 0. The lowest BCUT2D eigenvalue weighted by Gasteiger charge is -2.19. The normalized spacial score (nSPS) is 13.9. The third kappa shape index (κ3) is 6.21. The van der Waals surface area contributed by atoms with Crippen molar-refractivity contribution in [2.45, 2.75) is 33.6 Å². The summed E-state index contributed by atoms with van der Waals surface area (Å²) in [5, 5.41) is 0. The van der Waals surface area contributed by atoms with Gasteiger partial charge in [-0.05, 0) is 43.4 Å². The highest BCUT2D eigenvalue weighted by atomic mass is 16.1. The molecule has 1 heterocycles. The van der Waals surface area contributed by atoms with E-state index in [0.29, 0.717) is 17.9 Å². The molecule has 0 saturated carbocycles. The summed E-state index contributed by atoms with van der Waals surface area (Å²) in [6.07, 6.45) is 10.9. The van der Waals surface area contributed by atoms with Crippen LogP contribution in [0.1, 0.15) is 48.7 Å². The highest BCUT2D eigenvalue weighted by Gasteiger charge is 2.19. The summed E-state index contributed by atoms with van der Waals surface area (Å²) in [5.74, 6) is 0.355. The second-order valence-electron chi connectivity index (χ2n) is 7.27. The second-order valence-corrected chi connectivity index (χ2v) is 7.27. The molecule has 2 aromatic rings. The topological polar surface area (TPSA) is 42.3 Å². The van der Waals surface area contributed by atoms with Gasteiger partial charge in [-0.3, -0.25) is 14.8 Å². The highest BCUT2D eigenvalue weighted by molar-refractivity contribution is 6.27. The van der Waals surface area contributed by atoms with Crippen molar-refractivity contribution in [1.82, 2.24) is 4.98 Å². The molecule has 2 rings (SSSR count). The minimum atomic E-state index is 0.00756. The number of benzene rings is 1. The van der Waals surface area contributed by atoms with Crippen LogP contribution in [0.25, 0.3) is 5.57 Å². The van der Waals surface area contributed by atoms with E-state index >= 15 is 0 Å². The Balaban J connectivity index is 2.59. The molecular weight excluding hydrogens is 356 g/mol. The molecule has 0 aliphatic rings. The smallest absolute Gasteiger partial charge is 0.161 e. The molecule has 0 aliphatic carbocycles. The Kier molecular flexibility index (Phi) is 8.47. The largest absolute Gasteiger partial charge is 0.294 e. The fourth-order valence-electron chi connectivity index (χ4n) is 3.51. The lowest BCUT2D eigenvalue weighted by atomic mass is 9.86. The first kappa shape index (κ1) is 22.2. The zero-order valence-electron chi connectivity index (χ0n) is 17.9. The fourth-order valence-corrected chi connectivity index (χ4v) is 3.51. The predicted octanol–water partition coefficient (Wildman–Crippen LogP) is 6.14. The highest BCUT2D eigenvalue weighted by Crippen LogP contribution is 2.29. The van der Waals surface area contributed by atoms with Crippen molar-refractivity contribution in [3.8, 4) is 0 Å². The van der Waals surface area contributed by atoms with E-state index in [-0.39, 0.29) is 5.78 Å². The van der Waals surface area contributed by atoms with Gasteiger partial charge in [-0.2, -0.15) is 0 Å². The van der Waals surface area contributed by atoms with Gasteiger partial charge >= 0.3 is 0 Å². The molecule has 3 nitrogen and oxygen atoms in total. The van der Waals surface area contributed by atoms with Crippen LogP contribution in [0, 0.1) is 5.92 Å². The third-order valence-electron chi connectivity index (χ3n) is 4.87. The maximum Gasteiger partial charge on any atom is 0.161 e. The minimum Gasteiger partial charge on any atom is -0.294 e. The monoisotopic (exact) mass is 386 g/mol. The van der Waals surface area contributed by atoms with Crippen LogP contribution in [0.5, 0.6) is 0 Å². The molecule has 1 aromatic heterocycles. The zero-order chi connectivity index (χ0) is 21.2. The molecule has 0 saturated heterocycles. The SMILES string of the molecule is C=C/C=C\C(C)C/C(C)=C(/C(Cc1ccccc1)=NC)c1ccncc1C(C)=O. The van der Waals surface area contributed by atoms with E-state index in [1.165, 1.54) is 11.1 Å². The Labute approximate surface area is 174 Å². The van der Waals surface area contributed by atoms with Gasteiger partial charge in [0.05, 0.1) is 0 Å². The van der Waals surface area contributed by atoms with E-state index in [4.69, 9.17) is 0 Å². The molecule has 1 unspecified atom stereocenters. The number of carbonyl (C=O) groups excluding carboxylic acids is 1. The summed E-state index contributed by atoms with van der Waals surface area (Å²) in [6.45, 7) is 9.65. The lowest BCUT2D eigenvalue weighted by Crippen LogP contribution is -2.13. The summed E-state index contributed by atoms with van der Waals surface area (Å²) < 4.78 is 0. The predicted molar refractivity (Wildman–Crippen MR) is 123 cm³/mol. The van der Waals surface area contributed by atoms with E-state index < -0.39 is 0 Å². The average molecular weight is 387 g/mol. The van der Waals surface area contributed by atoms with Crippen molar-refractivity contribution in [3.05, 3.63) is 95.9 Å². The Morgan fingerprint density at radius 2 is 1.90 bits per heavy atom. The van der Waals surface area contributed by atoms with Crippen LogP contribution in [0.2, 0.25) is 0 Å². The summed E-state index contributed by atoms with van der Waals surface area (Å²) in [6, 6.07) is 12.2. The molecule has 1 aromatic carbocycles.